The van der Waals surface area contributed by atoms with E-state index >= 15 is 0 Å². The van der Waals surface area contributed by atoms with Gasteiger partial charge in [0, 0.05) is 17.1 Å². The standard InChI is InChI=1S/C5H6O4.Fe/c1-3(6)2-4(7)5(8)9;/h2H2,1H3,(H,8,9);. The zero-order chi connectivity index (χ0) is 7.44. The third kappa shape index (κ3) is 5.47. The summed E-state index contributed by atoms with van der Waals surface area (Å²) in [7, 11) is 0. The molecular weight excluding hydrogens is 180 g/mol. The Kier molecular flexibility index (Phi) is 6.19. The summed E-state index contributed by atoms with van der Waals surface area (Å²) >= 11 is 0. The summed E-state index contributed by atoms with van der Waals surface area (Å²) in [5.41, 5.74) is 0. The minimum absolute atomic E-state index is 0. The fourth-order valence-electron chi connectivity index (χ4n) is 0.302. The second-order valence-corrected chi connectivity index (χ2v) is 1.61. The van der Waals surface area contributed by atoms with Crippen LogP contribution in [0.1, 0.15) is 13.3 Å². The summed E-state index contributed by atoms with van der Waals surface area (Å²) in [5, 5.41) is 7.93. The van der Waals surface area contributed by atoms with Gasteiger partial charge in [-0.25, -0.2) is 4.79 Å². The van der Waals surface area contributed by atoms with Crippen molar-refractivity contribution in [2.45, 2.75) is 13.3 Å². The number of aliphatic carboxylic acids is 1. The molecule has 0 saturated carbocycles. The van der Waals surface area contributed by atoms with Crippen molar-refractivity contribution in [1.82, 2.24) is 0 Å². The molecule has 0 fully saturated rings. The van der Waals surface area contributed by atoms with Crippen molar-refractivity contribution in [1.29, 1.82) is 0 Å². The molecule has 5 heteroatoms. The van der Waals surface area contributed by atoms with E-state index in [9.17, 15) is 14.4 Å². The van der Waals surface area contributed by atoms with Crippen molar-refractivity contribution in [3.05, 3.63) is 0 Å². The Balaban J connectivity index is 0. The molecule has 0 bridgehead atoms. The van der Waals surface area contributed by atoms with Crippen molar-refractivity contribution >= 4 is 17.5 Å². The molecule has 0 aliphatic rings. The zero-order valence-corrected chi connectivity index (χ0v) is 6.34. The first-order chi connectivity index (χ1) is 4.04. The van der Waals surface area contributed by atoms with Crippen LogP contribution < -0.4 is 0 Å². The maximum Gasteiger partial charge on any atom is 0.372 e. The number of carbonyl (C=O) groups is 3. The van der Waals surface area contributed by atoms with E-state index in [0.29, 0.717) is 0 Å². The number of ketones is 2. The first-order valence-corrected chi connectivity index (χ1v) is 2.29. The Labute approximate surface area is 68.1 Å². The van der Waals surface area contributed by atoms with Crippen molar-refractivity contribution in [3.8, 4) is 0 Å². The molecule has 0 aliphatic heterocycles. The molecule has 0 aromatic rings. The van der Waals surface area contributed by atoms with E-state index in [1.54, 1.807) is 0 Å². The van der Waals surface area contributed by atoms with Gasteiger partial charge in [-0.2, -0.15) is 0 Å². The third-order valence-electron chi connectivity index (χ3n) is 0.648. The van der Waals surface area contributed by atoms with Crippen molar-refractivity contribution in [3.63, 3.8) is 0 Å². The molecule has 0 heterocycles. The molecule has 58 valence electrons. The van der Waals surface area contributed by atoms with Gasteiger partial charge in [0.05, 0.1) is 6.42 Å². The fourth-order valence-corrected chi connectivity index (χ4v) is 0.302. The topological polar surface area (TPSA) is 71.4 Å². The zero-order valence-electron chi connectivity index (χ0n) is 5.23. The van der Waals surface area contributed by atoms with E-state index in [1.807, 2.05) is 0 Å². The van der Waals surface area contributed by atoms with Gasteiger partial charge in [0.1, 0.15) is 5.78 Å². The summed E-state index contributed by atoms with van der Waals surface area (Å²) in [5.74, 6) is -3.03. The molecular formula is C5H6FeO4. The Hall–Kier alpha value is -0.671. The molecule has 0 aromatic heterocycles. The van der Waals surface area contributed by atoms with E-state index in [0.717, 1.165) is 0 Å². The van der Waals surface area contributed by atoms with E-state index in [4.69, 9.17) is 5.11 Å². The van der Waals surface area contributed by atoms with Crippen molar-refractivity contribution < 1.29 is 36.6 Å². The van der Waals surface area contributed by atoms with Crippen LogP contribution in [0.3, 0.4) is 0 Å². The molecule has 0 radical (unpaired) electrons. The molecule has 0 aliphatic carbocycles. The molecule has 1 N–H and O–H groups in total. The monoisotopic (exact) mass is 186 g/mol. The van der Waals surface area contributed by atoms with Crippen molar-refractivity contribution in [2.24, 2.45) is 0 Å². The van der Waals surface area contributed by atoms with E-state index in [-0.39, 0.29) is 17.1 Å². The third-order valence-corrected chi connectivity index (χ3v) is 0.648. The Morgan fingerprint density at radius 3 is 1.80 bits per heavy atom. The number of Topliss-reactive ketones (excluding diaryl/α,β-unsaturated/α-hetero) is 2. The summed E-state index contributed by atoms with van der Waals surface area (Å²) in [4.78, 5) is 29.9. The van der Waals surface area contributed by atoms with Crippen LogP contribution in [-0.4, -0.2) is 22.6 Å². The van der Waals surface area contributed by atoms with Crippen LogP contribution >= 0.6 is 0 Å². The van der Waals surface area contributed by atoms with Crippen LogP contribution in [-0.2, 0) is 31.5 Å². The van der Waals surface area contributed by atoms with Crippen LogP contribution in [0.2, 0.25) is 0 Å². The second kappa shape index (κ2) is 5.14. The van der Waals surface area contributed by atoms with E-state index < -0.39 is 24.0 Å². The van der Waals surface area contributed by atoms with E-state index in [2.05, 4.69) is 0 Å². The van der Waals surface area contributed by atoms with E-state index in [1.165, 1.54) is 6.92 Å². The van der Waals surface area contributed by atoms with Gasteiger partial charge in [0.15, 0.2) is 0 Å². The molecule has 10 heavy (non-hydrogen) atoms. The molecule has 0 spiro atoms. The van der Waals surface area contributed by atoms with Crippen molar-refractivity contribution in [2.75, 3.05) is 0 Å². The Morgan fingerprint density at radius 2 is 1.70 bits per heavy atom. The predicted molar refractivity (Wildman–Crippen MR) is 27.9 cm³/mol. The van der Waals surface area contributed by atoms with Gasteiger partial charge in [-0.15, -0.1) is 0 Å². The van der Waals surface area contributed by atoms with Crippen LogP contribution in [0.5, 0.6) is 0 Å². The van der Waals surface area contributed by atoms with Gasteiger partial charge in [0.2, 0.25) is 5.78 Å². The van der Waals surface area contributed by atoms with Gasteiger partial charge >= 0.3 is 5.97 Å². The average molecular weight is 186 g/mol. The molecule has 0 saturated heterocycles. The Morgan fingerprint density at radius 1 is 1.30 bits per heavy atom. The first-order valence-electron chi connectivity index (χ1n) is 2.29. The summed E-state index contributed by atoms with van der Waals surface area (Å²) in [6.07, 6.45) is -0.505. The molecule has 0 aromatic carbocycles. The molecule has 0 atom stereocenters. The van der Waals surface area contributed by atoms with Gasteiger partial charge in [-0.3, -0.25) is 9.59 Å². The predicted octanol–water partition coefficient (Wildman–Crippen LogP) is -0.383. The van der Waals surface area contributed by atoms with Crippen LogP contribution in [0.4, 0.5) is 0 Å². The summed E-state index contributed by atoms with van der Waals surface area (Å²) in [6, 6.07) is 0. The van der Waals surface area contributed by atoms with Crippen LogP contribution in [0.25, 0.3) is 0 Å². The quantitative estimate of drug-likeness (QED) is 0.370. The molecule has 4 nitrogen and oxygen atoms in total. The number of rotatable bonds is 3. The number of hydrogen-bond acceptors (Lipinski definition) is 3. The van der Waals surface area contributed by atoms with Crippen LogP contribution in [0.15, 0.2) is 0 Å². The maximum atomic E-state index is 10.1. The number of carboxylic acid groups (broad SMARTS) is 1. The Bertz CT molecular complexity index is 163. The summed E-state index contributed by atoms with van der Waals surface area (Å²) < 4.78 is 0. The fraction of sp³-hybridized carbons (Fsp3) is 0.400. The maximum absolute atomic E-state index is 10.1. The minimum atomic E-state index is -1.55. The normalized spacial score (nSPS) is 7.70. The second-order valence-electron chi connectivity index (χ2n) is 1.61. The van der Waals surface area contributed by atoms with Gasteiger partial charge in [-0.1, -0.05) is 0 Å². The number of hydrogen-bond donors (Lipinski definition) is 1. The largest absolute Gasteiger partial charge is 0.475 e. The first kappa shape index (κ1) is 12.0. The SMILES string of the molecule is CC(=O)CC(=O)C(=O)O.[Fe]. The van der Waals surface area contributed by atoms with Gasteiger partial charge < -0.3 is 5.11 Å². The van der Waals surface area contributed by atoms with Gasteiger partial charge in [0.25, 0.3) is 0 Å². The number of carbonyl (C=O) groups excluding carboxylic acids is 2. The molecule has 0 amide bonds. The number of carboxylic acids is 1. The average Bonchev–Trinajstić information content (AvgIpc) is 1.63. The molecule has 0 unspecified atom stereocenters. The molecule has 0 rings (SSSR count). The van der Waals surface area contributed by atoms with Crippen LogP contribution in [0, 0.1) is 0 Å². The minimum Gasteiger partial charge on any atom is -0.475 e. The summed E-state index contributed by atoms with van der Waals surface area (Å²) in [6.45, 7) is 1.17. The smallest absolute Gasteiger partial charge is 0.372 e. The van der Waals surface area contributed by atoms with Gasteiger partial charge in [-0.05, 0) is 6.92 Å².